The van der Waals surface area contributed by atoms with Crippen molar-refractivity contribution in [1.29, 1.82) is 0 Å². The SMILES string of the molecule is CC1(CC(N)CO)CCOCC1. The third-order valence-corrected chi connectivity index (χ3v) is 2.69. The summed E-state index contributed by atoms with van der Waals surface area (Å²) in [6.07, 6.45) is 3.05. The molecule has 1 fully saturated rings. The number of nitrogens with two attached hydrogens (primary N) is 1. The van der Waals surface area contributed by atoms with E-state index >= 15 is 0 Å². The summed E-state index contributed by atoms with van der Waals surface area (Å²) in [4.78, 5) is 0. The Morgan fingerprint density at radius 3 is 2.58 bits per heavy atom. The van der Waals surface area contributed by atoms with Crippen LogP contribution >= 0.6 is 0 Å². The number of hydrogen-bond donors (Lipinski definition) is 2. The molecule has 0 aliphatic carbocycles. The topological polar surface area (TPSA) is 55.5 Å². The molecular formula is C9H19NO2. The molecular weight excluding hydrogens is 154 g/mol. The van der Waals surface area contributed by atoms with E-state index in [2.05, 4.69) is 6.92 Å². The fraction of sp³-hybridized carbons (Fsp3) is 1.00. The molecule has 0 amide bonds. The van der Waals surface area contributed by atoms with Gasteiger partial charge in [-0.25, -0.2) is 0 Å². The molecule has 3 N–H and O–H groups in total. The maximum Gasteiger partial charge on any atom is 0.0582 e. The smallest absolute Gasteiger partial charge is 0.0582 e. The van der Waals surface area contributed by atoms with E-state index < -0.39 is 0 Å². The van der Waals surface area contributed by atoms with Crippen LogP contribution in [0.5, 0.6) is 0 Å². The predicted molar refractivity (Wildman–Crippen MR) is 47.8 cm³/mol. The van der Waals surface area contributed by atoms with Crippen molar-refractivity contribution in [3.05, 3.63) is 0 Å². The summed E-state index contributed by atoms with van der Waals surface area (Å²) in [6, 6.07) is -0.0619. The first-order valence-electron chi connectivity index (χ1n) is 4.60. The molecule has 1 rings (SSSR count). The Kier molecular flexibility index (Phi) is 3.50. The Morgan fingerprint density at radius 2 is 2.08 bits per heavy atom. The van der Waals surface area contributed by atoms with Crippen LogP contribution in [-0.4, -0.2) is 31.0 Å². The molecule has 3 heteroatoms. The van der Waals surface area contributed by atoms with Crippen LogP contribution in [0, 0.1) is 5.41 Å². The maximum atomic E-state index is 8.82. The quantitative estimate of drug-likeness (QED) is 0.654. The minimum atomic E-state index is -0.0619. The highest BCUT2D eigenvalue weighted by molar-refractivity contribution is 4.81. The van der Waals surface area contributed by atoms with E-state index in [1.54, 1.807) is 0 Å². The Labute approximate surface area is 73.9 Å². The second-order valence-electron chi connectivity index (χ2n) is 4.07. The third-order valence-electron chi connectivity index (χ3n) is 2.69. The molecule has 0 spiro atoms. The lowest BCUT2D eigenvalue weighted by Gasteiger charge is -2.35. The average Bonchev–Trinajstić information content (AvgIpc) is 2.05. The van der Waals surface area contributed by atoms with E-state index in [0.717, 1.165) is 32.5 Å². The zero-order chi connectivity index (χ0) is 9.03. The first kappa shape index (κ1) is 9.96. The second-order valence-corrected chi connectivity index (χ2v) is 4.07. The van der Waals surface area contributed by atoms with Gasteiger partial charge >= 0.3 is 0 Å². The van der Waals surface area contributed by atoms with Crippen molar-refractivity contribution in [3.63, 3.8) is 0 Å². The number of ether oxygens (including phenoxy) is 1. The molecule has 1 saturated heterocycles. The van der Waals surface area contributed by atoms with Gasteiger partial charge in [-0.05, 0) is 24.7 Å². The Morgan fingerprint density at radius 1 is 1.50 bits per heavy atom. The van der Waals surface area contributed by atoms with E-state index in [4.69, 9.17) is 15.6 Å². The predicted octanol–water partition coefficient (Wildman–Crippen LogP) is 0.513. The maximum absolute atomic E-state index is 8.82. The molecule has 3 nitrogen and oxygen atoms in total. The highest BCUT2D eigenvalue weighted by Crippen LogP contribution is 2.33. The van der Waals surface area contributed by atoms with Crippen LogP contribution in [-0.2, 0) is 4.74 Å². The molecule has 12 heavy (non-hydrogen) atoms. The molecule has 0 bridgehead atoms. The minimum absolute atomic E-state index is 0.0619. The van der Waals surface area contributed by atoms with Crippen LogP contribution in [0.25, 0.3) is 0 Å². The summed E-state index contributed by atoms with van der Waals surface area (Å²) < 4.78 is 5.28. The standard InChI is InChI=1S/C9H19NO2/c1-9(6-8(10)7-11)2-4-12-5-3-9/h8,11H,2-7,10H2,1H3. The molecule has 72 valence electrons. The summed E-state index contributed by atoms with van der Waals surface area (Å²) in [6.45, 7) is 4.00. The fourth-order valence-electron chi connectivity index (χ4n) is 1.77. The molecule has 0 saturated carbocycles. The fourth-order valence-corrected chi connectivity index (χ4v) is 1.77. The number of rotatable bonds is 3. The highest BCUT2D eigenvalue weighted by atomic mass is 16.5. The molecule has 1 heterocycles. The van der Waals surface area contributed by atoms with Gasteiger partial charge in [0.1, 0.15) is 0 Å². The van der Waals surface area contributed by atoms with Crippen molar-refractivity contribution in [2.45, 2.75) is 32.2 Å². The number of hydrogen-bond acceptors (Lipinski definition) is 3. The molecule has 1 atom stereocenters. The van der Waals surface area contributed by atoms with Crippen molar-refractivity contribution in [3.8, 4) is 0 Å². The molecule has 1 aliphatic rings. The normalized spacial score (nSPS) is 25.2. The third kappa shape index (κ3) is 2.73. The second kappa shape index (κ2) is 4.21. The van der Waals surface area contributed by atoms with E-state index in [9.17, 15) is 0 Å². The first-order chi connectivity index (χ1) is 5.66. The molecule has 0 aromatic rings. The highest BCUT2D eigenvalue weighted by Gasteiger charge is 2.28. The van der Waals surface area contributed by atoms with Crippen LogP contribution in [0.4, 0.5) is 0 Å². The molecule has 1 aliphatic heterocycles. The summed E-state index contributed by atoms with van der Waals surface area (Å²) >= 11 is 0. The van der Waals surface area contributed by atoms with Crippen LogP contribution in [0.2, 0.25) is 0 Å². The van der Waals surface area contributed by atoms with E-state index in [1.807, 2.05) is 0 Å². The van der Waals surface area contributed by atoms with Gasteiger partial charge in [0.2, 0.25) is 0 Å². The summed E-state index contributed by atoms with van der Waals surface area (Å²) in [5.74, 6) is 0. The van der Waals surface area contributed by atoms with Gasteiger partial charge in [-0.15, -0.1) is 0 Å². The monoisotopic (exact) mass is 173 g/mol. The van der Waals surface area contributed by atoms with Gasteiger partial charge in [-0.2, -0.15) is 0 Å². The number of aliphatic hydroxyl groups excluding tert-OH is 1. The molecule has 0 aromatic heterocycles. The van der Waals surface area contributed by atoms with Gasteiger partial charge in [-0.3, -0.25) is 0 Å². The largest absolute Gasteiger partial charge is 0.395 e. The van der Waals surface area contributed by atoms with Crippen LogP contribution < -0.4 is 5.73 Å². The van der Waals surface area contributed by atoms with Crippen molar-refractivity contribution < 1.29 is 9.84 Å². The van der Waals surface area contributed by atoms with Gasteiger partial charge in [0.25, 0.3) is 0 Å². The van der Waals surface area contributed by atoms with Gasteiger partial charge in [0, 0.05) is 19.3 Å². The lowest BCUT2D eigenvalue weighted by atomic mass is 9.77. The van der Waals surface area contributed by atoms with Crippen LogP contribution in [0.15, 0.2) is 0 Å². The molecule has 1 unspecified atom stereocenters. The molecule has 0 radical (unpaired) electrons. The summed E-state index contributed by atoms with van der Waals surface area (Å²) in [5, 5.41) is 8.82. The van der Waals surface area contributed by atoms with E-state index in [1.165, 1.54) is 0 Å². The van der Waals surface area contributed by atoms with Gasteiger partial charge in [0.05, 0.1) is 6.61 Å². The van der Waals surface area contributed by atoms with Crippen molar-refractivity contribution in [1.82, 2.24) is 0 Å². The summed E-state index contributed by atoms with van der Waals surface area (Å²) in [5.41, 5.74) is 5.99. The van der Waals surface area contributed by atoms with Gasteiger partial charge in [0.15, 0.2) is 0 Å². The molecule has 0 aromatic carbocycles. The van der Waals surface area contributed by atoms with Crippen LogP contribution in [0.3, 0.4) is 0 Å². The lowest BCUT2D eigenvalue weighted by Crippen LogP contribution is -2.36. The minimum Gasteiger partial charge on any atom is -0.395 e. The van der Waals surface area contributed by atoms with Crippen molar-refractivity contribution >= 4 is 0 Å². The zero-order valence-corrected chi connectivity index (χ0v) is 7.75. The van der Waals surface area contributed by atoms with Crippen LogP contribution in [0.1, 0.15) is 26.2 Å². The van der Waals surface area contributed by atoms with E-state index in [-0.39, 0.29) is 12.6 Å². The summed E-state index contributed by atoms with van der Waals surface area (Å²) in [7, 11) is 0. The lowest BCUT2D eigenvalue weighted by molar-refractivity contribution is 0.0138. The van der Waals surface area contributed by atoms with Crippen molar-refractivity contribution in [2.75, 3.05) is 19.8 Å². The van der Waals surface area contributed by atoms with Crippen molar-refractivity contribution in [2.24, 2.45) is 11.1 Å². The first-order valence-corrected chi connectivity index (χ1v) is 4.60. The Balaban J connectivity index is 2.35. The average molecular weight is 173 g/mol. The van der Waals surface area contributed by atoms with E-state index in [0.29, 0.717) is 5.41 Å². The van der Waals surface area contributed by atoms with Gasteiger partial charge < -0.3 is 15.6 Å². The zero-order valence-electron chi connectivity index (χ0n) is 7.75. The van der Waals surface area contributed by atoms with Gasteiger partial charge in [-0.1, -0.05) is 6.92 Å². The Hall–Kier alpha value is -0.120. The Bertz CT molecular complexity index is 132. The number of aliphatic hydroxyl groups is 1.